The Morgan fingerprint density at radius 2 is 1.88 bits per heavy atom. The standard InChI is InChI=1S/C18H14ClFN4O2/c1-9-17-23-22-16-13(20)7-11(25-2)8-14(16)24(17)18(21-9)12-6-10(19)4-5-15(12)26-3/h4-8H,1-3H3. The predicted octanol–water partition coefficient (Wildman–Crippen LogP) is 4.06. The second kappa shape index (κ2) is 6.10. The van der Waals surface area contributed by atoms with E-state index in [9.17, 15) is 4.39 Å². The van der Waals surface area contributed by atoms with Gasteiger partial charge in [-0.1, -0.05) is 11.6 Å². The van der Waals surface area contributed by atoms with Crippen LogP contribution in [0.25, 0.3) is 28.1 Å². The Kier molecular flexibility index (Phi) is 3.88. The largest absolute Gasteiger partial charge is 0.497 e. The van der Waals surface area contributed by atoms with Gasteiger partial charge in [-0.15, -0.1) is 10.2 Å². The van der Waals surface area contributed by atoms with Crippen molar-refractivity contribution in [2.45, 2.75) is 6.92 Å². The summed E-state index contributed by atoms with van der Waals surface area (Å²) >= 11 is 6.17. The van der Waals surface area contributed by atoms with Crippen molar-refractivity contribution >= 4 is 28.3 Å². The molecule has 2 aromatic carbocycles. The van der Waals surface area contributed by atoms with Gasteiger partial charge < -0.3 is 9.47 Å². The summed E-state index contributed by atoms with van der Waals surface area (Å²) in [5, 5.41) is 8.69. The van der Waals surface area contributed by atoms with E-state index in [0.29, 0.717) is 44.8 Å². The second-order valence-electron chi connectivity index (χ2n) is 5.70. The molecule has 4 rings (SSSR count). The molecule has 4 aromatic rings. The minimum atomic E-state index is -0.524. The molecular weight excluding hydrogens is 359 g/mol. The number of aromatic nitrogens is 4. The normalized spacial score (nSPS) is 11.3. The first-order chi connectivity index (χ1) is 12.5. The van der Waals surface area contributed by atoms with Gasteiger partial charge in [0.15, 0.2) is 11.5 Å². The zero-order valence-electron chi connectivity index (χ0n) is 14.2. The number of hydrogen-bond acceptors (Lipinski definition) is 5. The maximum Gasteiger partial charge on any atom is 0.183 e. The molecular formula is C18H14ClFN4O2. The molecule has 0 atom stereocenters. The van der Waals surface area contributed by atoms with Crippen molar-refractivity contribution in [3.05, 3.63) is 46.9 Å². The lowest BCUT2D eigenvalue weighted by atomic mass is 10.2. The highest BCUT2D eigenvalue weighted by atomic mass is 35.5. The molecule has 0 amide bonds. The molecule has 26 heavy (non-hydrogen) atoms. The van der Waals surface area contributed by atoms with E-state index in [2.05, 4.69) is 15.2 Å². The van der Waals surface area contributed by atoms with Crippen LogP contribution in [-0.2, 0) is 0 Å². The molecule has 0 bridgehead atoms. The van der Waals surface area contributed by atoms with Crippen LogP contribution in [0, 0.1) is 12.7 Å². The number of benzene rings is 2. The van der Waals surface area contributed by atoms with Crippen molar-refractivity contribution < 1.29 is 13.9 Å². The SMILES string of the molecule is COc1cc(F)c2nnc3c(C)nc(-c4cc(Cl)ccc4OC)n3c2c1. The fourth-order valence-corrected chi connectivity index (χ4v) is 3.12. The topological polar surface area (TPSA) is 61.5 Å². The molecule has 0 unspecified atom stereocenters. The molecule has 2 heterocycles. The first kappa shape index (κ1) is 16.5. The van der Waals surface area contributed by atoms with Crippen molar-refractivity contribution in [3.8, 4) is 22.9 Å². The number of aryl methyl sites for hydroxylation is 1. The Hall–Kier alpha value is -2.93. The van der Waals surface area contributed by atoms with Crippen LogP contribution in [0.1, 0.15) is 5.69 Å². The van der Waals surface area contributed by atoms with Gasteiger partial charge in [-0.3, -0.25) is 4.40 Å². The van der Waals surface area contributed by atoms with Gasteiger partial charge in [-0.2, -0.15) is 0 Å². The van der Waals surface area contributed by atoms with Crippen LogP contribution in [0.3, 0.4) is 0 Å². The molecule has 0 fully saturated rings. The zero-order valence-corrected chi connectivity index (χ0v) is 15.0. The number of halogens is 2. The third kappa shape index (κ3) is 2.43. The molecule has 6 nitrogen and oxygen atoms in total. The quantitative estimate of drug-likeness (QED) is 0.542. The third-order valence-electron chi connectivity index (χ3n) is 4.16. The fraction of sp³-hybridized carbons (Fsp3) is 0.167. The Labute approximate surface area is 153 Å². The van der Waals surface area contributed by atoms with Gasteiger partial charge in [0, 0.05) is 17.2 Å². The van der Waals surface area contributed by atoms with Crippen molar-refractivity contribution in [3.63, 3.8) is 0 Å². The number of nitrogens with zero attached hydrogens (tertiary/aromatic N) is 4. The van der Waals surface area contributed by atoms with Gasteiger partial charge in [0.25, 0.3) is 0 Å². The van der Waals surface area contributed by atoms with Crippen LogP contribution in [0.2, 0.25) is 5.02 Å². The van der Waals surface area contributed by atoms with Gasteiger partial charge in [0.05, 0.1) is 31.0 Å². The molecule has 2 aromatic heterocycles. The summed E-state index contributed by atoms with van der Waals surface area (Å²) in [6.45, 7) is 1.81. The second-order valence-corrected chi connectivity index (χ2v) is 6.14. The lowest BCUT2D eigenvalue weighted by Gasteiger charge is -2.10. The van der Waals surface area contributed by atoms with Crippen LogP contribution >= 0.6 is 11.6 Å². The summed E-state index contributed by atoms with van der Waals surface area (Å²) in [5.74, 6) is 0.975. The maximum atomic E-state index is 14.5. The van der Waals surface area contributed by atoms with Crippen molar-refractivity contribution in [1.82, 2.24) is 19.6 Å². The highest BCUT2D eigenvalue weighted by Gasteiger charge is 2.20. The van der Waals surface area contributed by atoms with Crippen LogP contribution in [0.4, 0.5) is 4.39 Å². The van der Waals surface area contributed by atoms with Crippen LogP contribution in [0.15, 0.2) is 30.3 Å². The maximum absolute atomic E-state index is 14.5. The predicted molar refractivity (Wildman–Crippen MR) is 96.5 cm³/mol. The first-order valence-corrected chi connectivity index (χ1v) is 8.14. The fourth-order valence-electron chi connectivity index (χ4n) is 2.95. The number of rotatable bonds is 3. The summed E-state index contributed by atoms with van der Waals surface area (Å²) < 4.78 is 26.8. The van der Waals surface area contributed by atoms with E-state index in [-0.39, 0.29) is 5.52 Å². The highest BCUT2D eigenvalue weighted by molar-refractivity contribution is 6.31. The lowest BCUT2D eigenvalue weighted by Crippen LogP contribution is -2.00. The van der Waals surface area contributed by atoms with E-state index >= 15 is 0 Å². The highest BCUT2D eigenvalue weighted by Crippen LogP contribution is 2.35. The van der Waals surface area contributed by atoms with Gasteiger partial charge in [0.2, 0.25) is 0 Å². The molecule has 0 radical (unpaired) electrons. The molecule has 0 spiro atoms. The molecule has 0 N–H and O–H groups in total. The molecule has 0 saturated heterocycles. The van der Waals surface area contributed by atoms with Crippen LogP contribution < -0.4 is 9.47 Å². The molecule has 8 heteroatoms. The van der Waals surface area contributed by atoms with Crippen molar-refractivity contribution in [2.75, 3.05) is 14.2 Å². The molecule has 0 saturated carbocycles. The summed E-state index contributed by atoms with van der Waals surface area (Å²) in [5.41, 5.74) is 2.45. The molecule has 132 valence electrons. The summed E-state index contributed by atoms with van der Waals surface area (Å²) in [6.07, 6.45) is 0. The van der Waals surface area contributed by atoms with Crippen molar-refractivity contribution in [1.29, 1.82) is 0 Å². The van der Waals surface area contributed by atoms with Crippen LogP contribution in [-0.4, -0.2) is 33.8 Å². The lowest BCUT2D eigenvalue weighted by molar-refractivity contribution is 0.412. The average molecular weight is 373 g/mol. The van der Waals surface area contributed by atoms with Gasteiger partial charge in [-0.25, -0.2) is 9.37 Å². The van der Waals surface area contributed by atoms with Crippen LogP contribution in [0.5, 0.6) is 11.5 Å². The van der Waals surface area contributed by atoms with Crippen molar-refractivity contribution in [2.24, 2.45) is 0 Å². The third-order valence-corrected chi connectivity index (χ3v) is 4.40. The van der Waals surface area contributed by atoms with E-state index in [1.165, 1.54) is 13.2 Å². The number of methoxy groups -OCH3 is 2. The van der Waals surface area contributed by atoms with E-state index in [1.54, 1.807) is 35.8 Å². The Morgan fingerprint density at radius 3 is 2.62 bits per heavy atom. The summed E-state index contributed by atoms with van der Waals surface area (Å²) in [7, 11) is 3.04. The molecule has 0 aliphatic heterocycles. The van der Waals surface area contributed by atoms with E-state index in [0.717, 1.165) is 0 Å². The Morgan fingerprint density at radius 1 is 1.08 bits per heavy atom. The number of imidazole rings is 1. The van der Waals surface area contributed by atoms with Gasteiger partial charge in [-0.05, 0) is 25.1 Å². The minimum Gasteiger partial charge on any atom is -0.497 e. The number of fused-ring (bicyclic) bond motifs is 3. The minimum absolute atomic E-state index is 0.123. The van der Waals surface area contributed by atoms with E-state index in [1.807, 2.05) is 6.92 Å². The smallest absolute Gasteiger partial charge is 0.183 e. The Bertz CT molecular complexity index is 1160. The van der Waals surface area contributed by atoms with Gasteiger partial charge in [0.1, 0.15) is 22.8 Å². The summed E-state index contributed by atoms with van der Waals surface area (Å²) in [6, 6.07) is 8.20. The summed E-state index contributed by atoms with van der Waals surface area (Å²) in [4.78, 5) is 4.60. The average Bonchev–Trinajstić information content (AvgIpc) is 2.98. The zero-order chi connectivity index (χ0) is 18.4. The first-order valence-electron chi connectivity index (χ1n) is 7.76. The molecule has 0 aliphatic rings. The number of ether oxygens (including phenoxy) is 2. The Balaban J connectivity index is 2.17. The van der Waals surface area contributed by atoms with E-state index in [4.69, 9.17) is 21.1 Å². The number of hydrogen-bond donors (Lipinski definition) is 0. The van der Waals surface area contributed by atoms with Gasteiger partial charge >= 0.3 is 0 Å². The molecule has 0 aliphatic carbocycles. The monoisotopic (exact) mass is 372 g/mol. The van der Waals surface area contributed by atoms with E-state index < -0.39 is 5.82 Å².